The highest BCUT2D eigenvalue weighted by atomic mass is 19.1. The van der Waals surface area contributed by atoms with Crippen molar-refractivity contribution < 1.29 is 19.7 Å². The standard InChI is InChI=1S/C14H18FNO3/c15-10-4-2-1-3-9(10)13(8-17)7-14(13)5-11(18)12(19)6-16-14/h1-4,11-12,16-19H,5-8H2. The van der Waals surface area contributed by atoms with E-state index in [0.717, 1.165) is 0 Å². The van der Waals surface area contributed by atoms with Gasteiger partial charge in [-0.05, 0) is 24.5 Å². The zero-order valence-corrected chi connectivity index (χ0v) is 10.5. The normalized spacial score (nSPS) is 41.5. The number of hydrogen-bond acceptors (Lipinski definition) is 4. The molecule has 0 amide bonds. The average Bonchev–Trinajstić information content (AvgIpc) is 3.03. The van der Waals surface area contributed by atoms with Crippen molar-refractivity contribution in [2.45, 2.75) is 36.0 Å². The van der Waals surface area contributed by atoms with Crippen LogP contribution < -0.4 is 5.32 Å². The topological polar surface area (TPSA) is 72.7 Å². The number of aliphatic hydroxyl groups is 3. The van der Waals surface area contributed by atoms with E-state index in [1.54, 1.807) is 18.2 Å². The molecule has 4 unspecified atom stereocenters. The zero-order valence-electron chi connectivity index (χ0n) is 10.5. The SMILES string of the molecule is OCC1(c2ccccc2F)CC12CC(O)C(O)CN2. The molecule has 104 valence electrons. The van der Waals surface area contributed by atoms with Gasteiger partial charge in [0.1, 0.15) is 5.82 Å². The third-order valence-electron chi connectivity index (χ3n) is 4.71. The molecule has 1 heterocycles. The summed E-state index contributed by atoms with van der Waals surface area (Å²) in [4.78, 5) is 0. The van der Waals surface area contributed by atoms with Gasteiger partial charge in [0.25, 0.3) is 0 Å². The van der Waals surface area contributed by atoms with Crippen LogP contribution in [0.5, 0.6) is 0 Å². The molecule has 0 aromatic heterocycles. The largest absolute Gasteiger partial charge is 0.395 e. The minimum absolute atomic E-state index is 0.177. The third-order valence-corrected chi connectivity index (χ3v) is 4.71. The van der Waals surface area contributed by atoms with Gasteiger partial charge in [0.15, 0.2) is 0 Å². The van der Waals surface area contributed by atoms with Gasteiger partial charge in [0.05, 0.1) is 18.8 Å². The summed E-state index contributed by atoms with van der Waals surface area (Å²) in [7, 11) is 0. The van der Waals surface area contributed by atoms with Gasteiger partial charge in [-0.2, -0.15) is 0 Å². The van der Waals surface area contributed by atoms with Crippen molar-refractivity contribution in [1.82, 2.24) is 5.32 Å². The van der Waals surface area contributed by atoms with E-state index in [1.165, 1.54) is 6.07 Å². The Hall–Kier alpha value is -1.01. The fraction of sp³-hybridized carbons (Fsp3) is 0.571. The lowest BCUT2D eigenvalue weighted by atomic mass is 9.85. The zero-order chi connectivity index (χ0) is 13.7. The monoisotopic (exact) mass is 267 g/mol. The number of nitrogens with one attached hydrogen (secondary N) is 1. The summed E-state index contributed by atoms with van der Waals surface area (Å²) in [5.41, 5.74) is -0.726. The van der Waals surface area contributed by atoms with E-state index in [0.29, 0.717) is 18.4 Å². The van der Waals surface area contributed by atoms with Crippen LogP contribution in [0.1, 0.15) is 18.4 Å². The Bertz CT molecular complexity index is 497. The number of halogens is 1. The Morgan fingerprint density at radius 1 is 1.26 bits per heavy atom. The molecule has 1 aromatic rings. The second-order valence-electron chi connectivity index (χ2n) is 5.70. The smallest absolute Gasteiger partial charge is 0.127 e. The van der Waals surface area contributed by atoms with Crippen LogP contribution in [0, 0.1) is 5.82 Å². The van der Waals surface area contributed by atoms with Crippen molar-refractivity contribution in [3.05, 3.63) is 35.6 Å². The Balaban J connectivity index is 1.94. The van der Waals surface area contributed by atoms with E-state index in [4.69, 9.17) is 0 Å². The van der Waals surface area contributed by atoms with Gasteiger partial charge < -0.3 is 20.6 Å². The minimum atomic E-state index is -0.832. The number of β-amino-alcohol motifs (C(OH)–C–C–N with tert-alkyl or cyclic N) is 1. The van der Waals surface area contributed by atoms with Crippen LogP contribution in [0.15, 0.2) is 24.3 Å². The van der Waals surface area contributed by atoms with E-state index in [1.807, 2.05) is 0 Å². The van der Waals surface area contributed by atoms with E-state index in [9.17, 15) is 19.7 Å². The fourth-order valence-corrected chi connectivity index (χ4v) is 3.47. The predicted octanol–water partition coefficient (Wildman–Crippen LogP) is -0.0866. The summed E-state index contributed by atoms with van der Waals surface area (Å²) in [6.45, 7) is 0.0844. The molecular formula is C14H18FNO3. The minimum Gasteiger partial charge on any atom is -0.395 e. The average molecular weight is 267 g/mol. The van der Waals surface area contributed by atoms with Crippen LogP contribution in [-0.2, 0) is 5.41 Å². The molecule has 4 atom stereocenters. The molecule has 1 aromatic carbocycles. The van der Waals surface area contributed by atoms with Crippen LogP contribution in [0.3, 0.4) is 0 Å². The Morgan fingerprint density at radius 3 is 2.63 bits per heavy atom. The maximum Gasteiger partial charge on any atom is 0.127 e. The first kappa shape index (κ1) is 13.0. The fourth-order valence-electron chi connectivity index (χ4n) is 3.47. The molecule has 0 bridgehead atoms. The summed E-state index contributed by atoms with van der Waals surface area (Å²) >= 11 is 0. The van der Waals surface area contributed by atoms with Crippen molar-refractivity contribution in [1.29, 1.82) is 0 Å². The lowest BCUT2D eigenvalue weighted by Crippen LogP contribution is -2.55. The van der Waals surface area contributed by atoms with Crippen LogP contribution in [0.25, 0.3) is 0 Å². The summed E-state index contributed by atoms with van der Waals surface area (Å²) in [5, 5.41) is 32.3. The maximum absolute atomic E-state index is 14.0. The molecule has 3 rings (SSSR count). The summed E-state index contributed by atoms with van der Waals surface area (Å²) in [5.74, 6) is -0.337. The van der Waals surface area contributed by atoms with Gasteiger partial charge in [-0.1, -0.05) is 18.2 Å². The van der Waals surface area contributed by atoms with Crippen LogP contribution in [-0.4, -0.2) is 46.2 Å². The lowest BCUT2D eigenvalue weighted by Gasteiger charge is -2.35. The Labute approximate surface area is 110 Å². The molecule has 2 fully saturated rings. The first-order valence-corrected chi connectivity index (χ1v) is 6.52. The van der Waals surface area contributed by atoms with Crippen molar-refractivity contribution in [3.63, 3.8) is 0 Å². The summed E-state index contributed by atoms with van der Waals surface area (Å²) < 4.78 is 14.0. The van der Waals surface area contributed by atoms with Gasteiger partial charge in [-0.15, -0.1) is 0 Å². The number of piperidine rings is 1. The molecule has 1 saturated carbocycles. The number of rotatable bonds is 2. The van der Waals surface area contributed by atoms with E-state index >= 15 is 0 Å². The lowest BCUT2D eigenvalue weighted by molar-refractivity contribution is -0.0211. The first-order valence-electron chi connectivity index (χ1n) is 6.52. The first-order chi connectivity index (χ1) is 9.05. The molecule has 1 spiro atoms. The molecule has 2 aliphatic rings. The van der Waals surface area contributed by atoms with Gasteiger partial charge in [-0.25, -0.2) is 4.39 Å². The van der Waals surface area contributed by atoms with Crippen LogP contribution in [0.4, 0.5) is 4.39 Å². The second-order valence-corrected chi connectivity index (χ2v) is 5.70. The summed E-state index contributed by atoms with van der Waals surface area (Å²) in [6, 6.07) is 6.42. The molecule has 4 nitrogen and oxygen atoms in total. The Morgan fingerprint density at radius 2 is 2.00 bits per heavy atom. The predicted molar refractivity (Wildman–Crippen MR) is 67.1 cm³/mol. The van der Waals surface area contributed by atoms with Crippen molar-refractivity contribution >= 4 is 0 Å². The molecule has 1 saturated heterocycles. The summed E-state index contributed by atoms with van der Waals surface area (Å²) in [6.07, 6.45) is -0.741. The third kappa shape index (κ3) is 1.73. The van der Waals surface area contributed by atoms with E-state index in [2.05, 4.69) is 5.32 Å². The van der Waals surface area contributed by atoms with Gasteiger partial charge in [-0.3, -0.25) is 0 Å². The molecule has 1 aliphatic carbocycles. The molecular weight excluding hydrogens is 249 g/mol. The van der Waals surface area contributed by atoms with Gasteiger partial charge >= 0.3 is 0 Å². The van der Waals surface area contributed by atoms with Crippen molar-refractivity contribution in [3.8, 4) is 0 Å². The number of benzene rings is 1. The molecule has 0 radical (unpaired) electrons. The van der Waals surface area contributed by atoms with Crippen LogP contribution >= 0.6 is 0 Å². The van der Waals surface area contributed by atoms with Crippen LogP contribution in [0.2, 0.25) is 0 Å². The van der Waals surface area contributed by atoms with E-state index < -0.39 is 23.2 Å². The Kier molecular flexibility index (Phi) is 2.90. The number of aliphatic hydroxyl groups excluding tert-OH is 3. The highest BCUT2D eigenvalue weighted by Gasteiger charge is 2.70. The van der Waals surface area contributed by atoms with Crippen molar-refractivity contribution in [2.24, 2.45) is 0 Å². The quantitative estimate of drug-likeness (QED) is 0.604. The van der Waals surface area contributed by atoms with E-state index in [-0.39, 0.29) is 19.0 Å². The molecule has 19 heavy (non-hydrogen) atoms. The highest BCUT2D eigenvalue weighted by Crippen LogP contribution is 2.61. The highest BCUT2D eigenvalue weighted by molar-refractivity contribution is 5.44. The van der Waals surface area contributed by atoms with Gasteiger partial charge in [0.2, 0.25) is 0 Å². The maximum atomic E-state index is 14.0. The molecule has 1 aliphatic heterocycles. The van der Waals surface area contributed by atoms with Crippen molar-refractivity contribution in [2.75, 3.05) is 13.2 Å². The van der Waals surface area contributed by atoms with Gasteiger partial charge in [0, 0.05) is 17.5 Å². The second kappa shape index (κ2) is 4.24. The molecule has 4 N–H and O–H groups in total. The number of hydrogen-bond donors (Lipinski definition) is 4. The molecule has 5 heteroatoms.